The van der Waals surface area contributed by atoms with Crippen molar-refractivity contribution in [1.29, 1.82) is 0 Å². The lowest BCUT2D eigenvalue weighted by Gasteiger charge is -2.12. The molecule has 0 saturated carbocycles. The van der Waals surface area contributed by atoms with E-state index in [0.717, 1.165) is 27.0 Å². The Balaban J connectivity index is 0.000000205. The number of nitrogens with one attached hydrogen (secondary N) is 8. The van der Waals surface area contributed by atoms with Crippen LogP contribution >= 0.6 is 0 Å². The number of rotatable bonds is 20. The molecule has 0 atom stereocenters. The maximum absolute atomic E-state index is 14.4. The Hall–Kier alpha value is -12.4. The van der Waals surface area contributed by atoms with Crippen molar-refractivity contribution in [2.75, 3.05) is 22.1 Å². The molecule has 0 fully saturated rings. The predicted molar refractivity (Wildman–Crippen MR) is 298 cm³/mol. The molecule has 32 heteroatoms. The number of nitrogens with zero attached hydrogens (tertiary/aromatic N) is 6. The number of nitrogen functional groups attached to an aromatic ring is 2. The third-order valence-electron chi connectivity index (χ3n) is 12.9. The molecule has 0 bridgehead atoms. The summed E-state index contributed by atoms with van der Waals surface area (Å²) in [6.07, 6.45) is 0. The van der Waals surface area contributed by atoms with E-state index in [4.69, 9.17) is 21.7 Å². The molecule has 436 valence electrons. The molecule has 0 unspecified atom stereocenters. The SMILES string of the molecule is Nc1c(NCc2cc(CNC(=O)c3cc(C(=O)NCc4ccc(C(=O)O)cc4)n4c(=O)[nH]nc4n3)ccc2F)c(=O)c1=O.Nc1c(NCc2cc(CNC(=O)c3cc(C(=O)NCc4ccc(C(=O)O)cc4)nc4n[nH]c(=O)n34)ccc2F)c(=O)c1=O. The molecule has 86 heavy (non-hydrogen) atoms. The predicted octanol–water partition coefficient (Wildman–Crippen LogP) is -0.190. The first-order valence-corrected chi connectivity index (χ1v) is 25.0. The van der Waals surface area contributed by atoms with E-state index in [1.807, 2.05) is 0 Å². The summed E-state index contributed by atoms with van der Waals surface area (Å²) in [5.41, 5.74) is 7.24. The monoisotopic (exact) mass is 1180 g/mol. The minimum atomic E-state index is -1.10. The first-order valence-electron chi connectivity index (χ1n) is 25.0. The van der Waals surface area contributed by atoms with E-state index in [1.165, 1.54) is 78.9 Å². The maximum atomic E-state index is 14.4. The Labute approximate surface area is 476 Å². The molecule has 30 nitrogen and oxygen atoms in total. The van der Waals surface area contributed by atoms with Gasteiger partial charge in [0.05, 0.1) is 11.1 Å². The quantitative estimate of drug-likeness (QED) is 0.0440. The first kappa shape index (κ1) is 58.3. The highest BCUT2D eigenvalue weighted by Gasteiger charge is 2.24. The standard InChI is InChI=1S/2C27H21FN8O7/c28-16-6-3-13(7-15(16)11-30-20-19(29)21(37)22(20)38)10-31-23(39)17-8-18(36-26(33-17)34-35-27(36)43)24(40)32-9-12-1-4-14(5-2-12)25(41)42;28-16-6-3-13(7-15(16)11-30-20-19(29)21(37)22(20)38)10-32-24(40)18-8-17(33-26-34-35-27(43)36(18)26)23(39)31-9-12-1-4-14(5-2-12)25(41)42/h2*1-8,30H,9-11,29H2,(H,31,39)(H,32,40)(H,35,43)(H,41,42). The Morgan fingerprint density at radius 2 is 0.791 bits per heavy atom. The van der Waals surface area contributed by atoms with Gasteiger partial charge in [0.15, 0.2) is 0 Å². The summed E-state index contributed by atoms with van der Waals surface area (Å²) in [5.74, 6) is -6.76. The molecular weight excluding hydrogens is 1130 g/mol. The summed E-state index contributed by atoms with van der Waals surface area (Å²) in [5, 5.41) is 45.5. The van der Waals surface area contributed by atoms with E-state index >= 15 is 0 Å². The topological polar surface area (TPSA) is 461 Å². The van der Waals surface area contributed by atoms with Crippen LogP contribution in [0.4, 0.5) is 31.5 Å². The lowest BCUT2D eigenvalue weighted by molar-refractivity contribution is 0.0686. The van der Waals surface area contributed by atoms with Crippen molar-refractivity contribution in [3.8, 4) is 0 Å². The summed E-state index contributed by atoms with van der Waals surface area (Å²) in [6, 6.07) is 21.9. The summed E-state index contributed by atoms with van der Waals surface area (Å²) in [4.78, 5) is 152. The van der Waals surface area contributed by atoms with E-state index in [9.17, 15) is 66.3 Å². The van der Waals surface area contributed by atoms with E-state index in [0.29, 0.717) is 22.3 Å². The number of nitrogens with two attached hydrogens (primary N) is 2. The fourth-order valence-electron chi connectivity index (χ4n) is 8.30. The van der Waals surface area contributed by atoms with Crippen molar-refractivity contribution in [3.05, 3.63) is 238 Å². The number of amides is 4. The van der Waals surface area contributed by atoms with Crippen molar-refractivity contribution in [2.24, 2.45) is 0 Å². The molecule has 6 aromatic carbocycles. The van der Waals surface area contributed by atoms with Gasteiger partial charge in [-0.05, 0) is 82.9 Å². The number of aromatic carboxylic acids is 2. The van der Waals surface area contributed by atoms with Crippen LogP contribution in [0.5, 0.6) is 0 Å². The average molecular weight is 1180 g/mol. The second kappa shape index (κ2) is 24.4. The van der Waals surface area contributed by atoms with Crippen LogP contribution < -0.4 is 76.5 Å². The normalized spacial score (nSPS) is 11.0. The first-order chi connectivity index (χ1) is 41.1. The number of hydrogen-bond acceptors (Lipinski definition) is 20. The van der Waals surface area contributed by atoms with E-state index in [2.05, 4.69) is 62.3 Å². The third-order valence-corrected chi connectivity index (χ3v) is 12.9. The molecule has 0 aliphatic carbocycles. The zero-order valence-corrected chi connectivity index (χ0v) is 43.9. The van der Waals surface area contributed by atoms with Crippen molar-refractivity contribution < 1.29 is 47.8 Å². The molecule has 4 heterocycles. The van der Waals surface area contributed by atoms with Crippen LogP contribution in [-0.4, -0.2) is 84.9 Å². The Morgan fingerprint density at radius 3 is 1.14 bits per heavy atom. The van der Waals surface area contributed by atoms with Crippen LogP contribution in [-0.2, 0) is 39.3 Å². The van der Waals surface area contributed by atoms with Crippen LogP contribution in [0, 0.1) is 11.6 Å². The number of aromatic nitrogens is 8. The number of H-pyrrole nitrogens is 2. The smallest absolute Gasteiger partial charge is 0.349 e. The molecule has 4 amide bonds. The summed E-state index contributed by atoms with van der Waals surface area (Å²) >= 11 is 0. The molecule has 4 aromatic heterocycles. The molecule has 0 radical (unpaired) electrons. The van der Waals surface area contributed by atoms with Gasteiger partial charge in [-0.25, -0.2) is 56.9 Å². The number of hydrogen-bond donors (Lipinski definition) is 12. The highest BCUT2D eigenvalue weighted by atomic mass is 19.1. The number of benzene rings is 4. The zero-order valence-electron chi connectivity index (χ0n) is 43.9. The second-order valence-corrected chi connectivity index (χ2v) is 18.6. The number of carbonyl (C=O) groups is 6. The summed E-state index contributed by atoms with van der Waals surface area (Å²) in [6.45, 7) is -0.471. The van der Waals surface area contributed by atoms with Crippen LogP contribution in [0.25, 0.3) is 11.6 Å². The van der Waals surface area contributed by atoms with E-state index in [1.54, 1.807) is 0 Å². The van der Waals surface area contributed by atoms with E-state index < -0.39 is 80.3 Å². The van der Waals surface area contributed by atoms with Crippen LogP contribution in [0.2, 0.25) is 0 Å². The Kier molecular flexibility index (Phi) is 16.5. The largest absolute Gasteiger partial charge is 0.478 e. The molecular formula is C54H42F2N16O14. The van der Waals surface area contributed by atoms with Gasteiger partial charge in [0.1, 0.15) is 57.2 Å². The van der Waals surface area contributed by atoms with Crippen molar-refractivity contribution in [3.63, 3.8) is 0 Å². The maximum Gasteiger partial charge on any atom is 0.349 e. The summed E-state index contributed by atoms with van der Waals surface area (Å²) in [7, 11) is 0. The number of anilines is 4. The molecule has 0 aliphatic heterocycles. The lowest BCUT2D eigenvalue weighted by atomic mass is 10.1. The summed E-state index contributed by atoms with van der Waals surface area (Å²) < 4.78 is 30.5. The van der Waals surface area contributed by atoms with Gasteiger partial charge in [0.25, 0.3) is 56.9 Å². The minimum absolute atomic E-state index is 0.00716. The third kappa shape index (κ3) is 12.4. The van der Waals surface area contributed by atoms with Crippen LogP contribution in [0.15, 0.2) is 126 Å². The molecule has 0 spiro atoms. The number of halogens is 2. The average Bonchev–Trinajstić information content (AvgIpc) is 2.52. The van der Waals surface area contributed by atoms with Gasteiger partial charge < -0.3 is 53.6 Å². The van der Waals surface area contributed by atoms with Crippen LogP contribution in [0.3, 0.4) is 0 Å². The number of fused-ring (bicyclic) bond motifs is 2. The Morgan fingerprint density at radius 1 is 0.453 bits per heavy atom. The van der Waals surface area contributed by atoms with Gasteiger partial charge in [-0.3, -0.25) is 38.4 Å². The minimum Gasteiger partial charge on any atom is -0.478 e. The highest BCUT2D eigenvalue weighted by Crippen LogP contribution is 2.18. The van der Waals surface area contributed by atoms with Crippen molar-refractivity contribution >= 4 is 69.9 Å². The molecule has 0 aliphatic rings. The fourth-order valence-corrected chi connectivity index (χ4v) is 8.30. The number of carbonyl (C=O) groups excluding carboxylic acids is 4. The number of aromatic amines is 2. The number of carboxylic acid groups (broad SMARTS) is 2. The molecule has 14 N–H and O–H groups in total. The lowest BCUT2D eigenvalue weighted by Crippen LogP contribution is -2.37. The zero-order chi connectivity index (χ0) is 61.7. The van der Waals surface area contributed by atoms with Gasteiger partial charge in [-0.2, -0.15) is 0 Å². The molecule has 10 aromatic rings. The second-order valence-electron chi connectivity index (χ2n) is 18.6. The van der Waals surface area contributed by atoms with Gasteiger partial charge in [-0.1, -0.05) is 36.4 Å². The Bertz CT molecular complexity index is 4670. The van der Waals surface area contributed by atoms with Gasteiger partial charge in [0.2, 0.25) is 0 Å². The van der Waals surface area contributed by atoms with Crippen LogP contribution in [0.1, 0.15) is 96.1 Å². The van der Waals surface area contributed by atoms with Crippen molar-refractivity contribution in [2.45, 2.75) is 39.3 Å². The van der Waals surface area contributed by atoms with E-state index in [-0.39, 0.29) is 119 Å². The van der Waals surface area contributed by atoms with Gasteiger partial charge in [-0.15, -0.1) is 10.2 Å². The van der Waals surface area contributed by atoms with Gasteiger partial charge in [0, 0.05) is 50.4 Å². The number of carboxylic acids is 2. The molecule has 0 saturated heterocycles. The molecule has 10 rings (SSSR count). The van der Waals surface area contributed by atoms with Gasteiger partial charge >= 0.3 is 23.3 Å². The van der Waals surface area contributed by atoms with Crippen molar-refractivity contribution in [1.82, 2.24) is 60.4 Å². The highest BCUT2D eigenvalue weighted by molar-refractivity contribution is 5.99. The fraction of sp³-hybridized carbons (Fsp3) is 0.111.